The van der Waals surface area contributed by atoms with Crippen molar-refractivity contribution in [2.45, 2.75) is 6.18 Å². The summed E-state index contributed by atoms with van der Waals surface area (Å²) in [6, 6.07) is 27.6. The first-order valence-corrected chi connectivity index (χ1v) is 10.5. The van der Waals surface area contributed by atoms with Gasteiger partial charge in [0.25, 0.3) is 0 Å². The molecule has 170 valence electrons. The number of hydrogen-bond donors (Lipinski definition) is 0. The summed E-state index contributed by atoms with van der Waals surface area (Å²) in [6.07, 6.45) is -4.45. The van der Waals surface area contributed by atoms with Gasteiger partial charge >= 0.3 is 12.1 Å². The summed E-state index contributed by atoms with van der Waals surface area (Å²) in [7, 11) is 0. The largest absolute Gasteiger partial charge is 0.454 e. The van der Waals surface area contributed by atoms with Gasteiger partial charge < -0.3 is 4.74 Å². The maximum atomic E-state index is 12.8. The highest BCUT2D eigenvalue weighted by atomic mass is 19.4. The van der Waals surface area contributed by atoms with Gasteiger partial charge in [-0.3, -0.25) is 4.79 Å². The van der Waals surface area contributed by atoms with Crippen LogP contribution in [0.5, 0.6) is 0 Å². The van der Waals surface area contributed by atoms with Gasteiger partial charge in [-0.1, -0.05) is 84.9 Å². The zero-order chi connectivity index (χ0) is 24.1. The zero-order valence-corrected chi connectivity index (χ0v) is 17.9. The van der Waals surface area contributed by atoms with Crippen LogP contribution in [0, 0.1) is 0 Å². The van der Waals surface area contributed by atoms with Crippen molar-refractivity contribution in [1.29, 1.82) is 0 Å². The Morgan fingerprint density at radius 1 is 0.647 bits per heavy atom. The lowest BCUT2D eigenvalue weighted by Gasteiger charge is -2.11. The maximum absolute atomic E-state index is 12.8. The summed E-state index contributed by atoms with van der Waals surface area (Å²) in [4.78, 5) is 25.2. The molecule has 0 N–H and O–H groups in total. The van der Waals surface area contributed by atoms with E-state index in [-0.39, 0.29) is 11.3 Å². The first-order chi connectivity index (χ1) is 16.3. The molecule has 0 aliphatic heterocycles. The summed E-state index contributed by atoms with van der Waals surface area (Å²) in [5.41, 5.74) is 2.62. The number of Topliss-reactive ketones (excluding diaryl/α,β-unsaturated/α-hetero) is 1. The monoisotopic (exact) mass is 460 g/mol. The van der Waals surface area contributed by atoms with E-state index in [1.165, 1.54) is 18.2 Å². The minimum atomic E-state index is -4.45. The number of carbonyl (C=O) groups excluding carboxylic acids is 2. The summed E-state index contributed by atoms with van der Waals surface area (Å²) >= 11 is 0. The molecule has 0 aliphatic carbocycles. The standard InChI is InChI=1S/C28H19F3O3/c29-28(30,31)23-16-14-21(15-17-23)24-8-4-5-9-25(24)27(33)34-18-26(32)22-12-10-20(11-13-22)19-6-2-1-3-7-19/h1-17H,18H2. The van der Waals surface area contributed by atoms with Crippen molar-refractivity contribution >= 4 is 11.8 Å². The van der Waals surface area contributed by atoms with Crippen LogP contribution in [-0.2, 0) is 10.9 Å². The molecule has 0 atom stereocenters. The van der Waals surface area contributed by atoms with Gasteiger partial charge in [0.1, 0.15) is 0 Å². The van der Waals surface area contributed by atoms with E-state index >= 15 is 0 Å². The second-order valence-corrected chi connectivity index (χ2v) is 7.56. The van der Waals surface area contributed by atoms with Crippen LogP contribution in [0.15, 0.2) is 103 Å². The molecule has 0 aliphatic rings. The highest BCUT2D eigenvalue weighted by molar-refractivity contribution is 6.01. The molecule has 0 amide bonds. The van der Waals surface area contributed by atoms with Gasteiger partial charge in [-0.25, -0.2) is 4.79 Å². The molecule has 0 radical (unpaired) electrons. The minimum Gasteiger partial charge on any atom is -0.454 e. The molecule has 4 aromatic carbocycles. The second kappa shape index (κ2) is 9.75. The number of carbonyl (C=O) groups is 2. The van der Waals surface area contributed by atoms with Crippen LogP contribution in [0.4, 0.5) is 13.2 Å². The van der Waals surface area contributed by atoms with E-state index in [0.717, 1.165) is 23.3 Å². The Kier molecular flexibility index (Phi) is 6.59. The topological polar surface area (TPSA) is 43.4 Å². The highest BCUT2D eigenvalue weighted by Crippen LogP contribution is 2.32. The zero-order valence-electron chi connectivity index (χ0n) is 17.9. The maximum Gasteiger partial charge on any atom is 0.416 e. The number of halogens is 3. The molecular formula is C28H19F3O3. The molecule has 4 rings (SSSR count). The Labute approximate surface area is 194 Å². The van der Waals surface area contributed by atoms with Crippen molar-refractivity contribution in [3.05, 3.63) is 120 Å². The molecule has 0 aromatic heterocycles. The summed E-state index contributed by atoms with van der Waals surface area (Å²) in [5.74, 6) is -1.09. The molecule has 0 unspecified atom stereocenters. The first kappa shape index (κ1) is 23.0. The van der Waals surface area contributed by atoms with Gasteiger partial charge in [-0.15, -0.1) is 0 Å². The predicted octanol–water partition coefficient (Wildman–Crippen LogP) is 7.08. The Bertz CT molecular complexity index is 1290. The van der Waals surface area contributed by atoms with Gasteiger partial charge in [-0.2, -0.15) is 13.2 Å². The lowest BCUT2D eigenvalue weighted by Crippen LogP contribution is -2.15. The number of ketones is 1. The normalized spacial score (nSPS) is 11.1. The first-order valence-electron chi connectivity index (χ1n) is 10.5. The number of alkyl halides is 3. The van der Waals surface area contributed by atoms with Crippen LogP contribution in [0.3, 0.4) is 0 Å². The van der Waals surface area contributed by atoms with E-state index < -0.39 is 24.3 Å². The smallest absolute Gasteiger partial charge is 0.416 e. The molecule has 4 aromatic rings. The Morgan fingerprint density at radius 2 is 1.21 bits per heavy atom. The number of rotatable bonds is 6. The van der Waals surface area contributed by atoms with E-state index in [9.17, 15) is 22.8 Å². The van der Waals surface area contributed by atoms with Crippen LogP contribution < -0.4 is 0 Å². The third-order valence-electron chi connectivity index (χ3n) is 5.32. The van der Waals surface area contributed by atoms with E-state index in [2.05, 4.69) is 0 Å². The van der Waals surface area contributed by atoms with Crippen molar-refractivity contribution in [1.82, 2.24) is 0 Å². The van der Waals surface area contributed by atoms with Crippen molar-refractivity contribution < 1.29 is 27.5 Å². The fraction of sp³-hybridized carbons (Fsp3) is 0.0714. The van der Waals surface area contributed by atoms with Crippen molar-refractivity contribution in [2.24, 2.45) is 0 Å². The molecule has 0 spiro atoms. The highest BCUT2D eigenvalue weighted by Gasteiger charge is 2.30. The van der Waals surface area contributed by atoms with E-state index in [1.807, 2.05) is 42.5 Å². The Balaban J connectivity index is 1.45. The molecule has 0 fully saturated rings. The molecule has 6 heteroatoms. The number of benzene rings is 4. The molecule has 0 saturated heterocycles. The molecule has 0 bridgehead atoms. The molecule has 3 nitrogen and oxygen atoms in total. The van der Waals surface area contributed by atoms with Gasteiger partial charge in [0.15, 0.2) is 12.4 Å². The molecular weight excluding hydrogens is 441 g/mol. The lowest BCUT2D eigenvalue weighted by molar-refractivity contribution is -0.137. The quantitative estimate of drug-likeness (QED) is 0.228. The minimum absolute atomic E-state index is 0.162. The van der Waals surface area contributed by atoms with Crippen LogP contribution >= 0.6 is 0 Å². The van der Waals surface area contributed by atoms with Crippen LogP contribution in [0.1, 0.15) is 26.3 Å². The Hall–Kier alpha value is -4.19. The molecule has 0 heterocycles. The Morgan fingerprint density at radius 3 is 1.85 bits per heavy atom. The van der Waals surface area contributed by atoms with Crippen LogP contribution in [0.2, 0.25) is 0 Å². The van der Waals surface area contributed by atoms with Gasteiger partial charge in [0, 0.05) is 5.56 Å². The van der Waals surface area contributed by atoms with E-state index in [0.29, 0.717) is 16.7 Å². The fourth-order valence-corrected chi connectivity index (χ4v) is 3.52. The number of ether oxygens (including phenoxy) is 1. The lowest BCUT2D eigenvalue weighted by atomic mass is 9.98. The number of esters is 1. The second-order valence-electron chi connectivity index (χ2n) is 7.56. The van der Waals surface area contributed by atoms with Crippen molar-refractivity contribution in [2.75, 3.05) is 6.61 Å². The average molecular weight is 460 g/mol. The summed E-state index contributed by atoms with van der Waals surface area (Å²) < 4.78 is 43.8. The SMILES string of the molecule is O=C(COC(=O)c1ccccc1-c1ccc(C(F)(F)F)cc1)c1ccc(-c2ccccc2)cc1. The van der Waals surface area contributed by atoms with Crippen molar-refractivity contribution in [3.8, 4) is 22.3 Å². The van der Waals surface area contributed by atoms with Crippen molar-refractivity contribution in [3.63, 3.8) is 0 Å². The summed E-state index contributed by atoms with van der Waals surface area (Å²) in [6.45, 7) is -0.454. The van der Waals surface area contributed by atoms with Crippen LogP contribution in [-0.4, -0.2) is 18.4 Å². The third kappa shape index (κ3) is 5.23. The number of hydrogen-bond acceptors (Lipinski definition) is 3. The average Bonchev–Trinajstić information content (AvgIpc) is 2.87. The fourth-order valence-electron chi connectivity index (χ4n) is 3.52. The third-order valence-corrected chi connectivity index (χ3v) is 5.32. The summed E-state index contributed by atoms with van der Waals surface area (Å²) in [5, 5.41) is 0. The van der Waals surface area contributed by atoms with E-state index in [1.54, 1.807) is 30.3 Å². The predicted molar refractivity (Wildman–Crippen MR) is 123 cm³/mol. The van der Waals surface area contributed by atoms with Gasteiger partial charge in [0.2, 0.25) is 0 Å². The van der Waals surface area contributed by atoms with Gasteiger partial charge in [-0.05, 0) is 40.5 Å². The molecule has 0 saturated carbocycles. The van der Waals surface area contributed by atoms with Gasteiger partial charge in [0.05, 0.1) is 11.1 Å². The van der Waals surface area contributed by atoms with Crippen LogP contribution in [0.25, 0.3) is 22.3 Å². The van der Waals surface area contributed by atoms with E-state index in [4.69, 9.17) is 4.74 Å². The molecule has 34 heavy (non-hydrogen) atoms.